The highest BCUT2D eigenvalue weighted by atomic mass is 16.5. The zero-order valence-corrected chi connectivity index (χ0v) is 15.5. The lowest BCUT2D eigenvalue weighted by Crippen LogP contribution is -2.08. The molecule has 1 N–H and O–H groups in total. The van der Waals surface area contributed by atoms with Crippen LogP contribution in [0.5, 0.6) is 5.75 Å². The lowest BCUT2D eigenvalue weighted by atomic mass is 10.1. The van der Waals surface area contributed by atoms with Crippen LogP contribution in [-0.4, -0.2) is 35.6 Å². The van der Waals surface area contributed by atoms with E-state index in [1.54, 1.807) is 13.3 Å². The van der Waals surface area contributed by atoms with Crippen molar-refractivity contribution in [2.45, 2.75) is 0 Å². The van der Waals surface area contributed by atoms with E-state index in [9.17, 15) is 0 Å². The number of methoxy groups -OCH3 is 1. The molecule has 4 aromatic rings. The molecule has 136 valence electrons. The predicted octanol–water partition coefficient (Wildman–Crippen LogP) is 4.21. The van der Waals surface area contributed by atoms with E-state index in [2.05, 4.69) is 32.3 Å². The van der Waals surface area contributed by atoms with E-state index in [1.165, 1.54) is 0 Å². The van der Waals surface area contributed by atoms with Gasteiger partial charge in [0.15, 0.2) is 11.5 Å². The molecule has 6 nitrogen and oxygen atoms in total. The number of imidazole rings is 1. The second-order valence-electron chi connectivity index (χ2n) is 6.41. The molecule has 0 saturated heterocycles. The van der Waals surface area contributed by atoms with Crippen molar-refractivity contribution >= 4 is 22.8 Å². The van der Waals surface area contributed by atoms with E-state index < -0.39 is 0 Å². The highest BCUT2D eigenvalue weighted by molar-refractivity contribution is 5.75. The molecule has 0 radical (unpaired) electrons. The summed E-state index contributed by atoms with van der Waals surface area (Å²) in [6.07, 6.45) is 5.56. The Balaban J connectivity index is 1.71. The van der Waals surface area contributed by atoms with Gasteiger partial charge in [0.2, 0.25) is 0 Å². The summed E-state index contributed by atoms with van der Waals surface area (Å²) < 4.78 is 7.27. The molecule has 0 aliphatic heterocycles. The number of fused-ring (bicyclic) bond motifs is 1. The summed E-state index contributed by atoms with van der Waals surface area (Å²) >= 11 is 0. The molecule has 0 fully saturated rings. The fourth-order valence-electron chi connectivity index (χ4n) is 2.98. The van der Waals surface area contributed by atoms with Crippen LogP contribution in [0.4, 0.5) is 17.2 Å². The smallest absolute Gasteiger partial charge is 0.180 e. The van der Waals surface area contributed by atoms with Crippen LogP contribution < -0.4 is 15.0 Å². The van der Waals surface area contributed by atoms with Gasteiger partial charge in [-0.15, -0.1) is 0 Å². The molecular formula is C21H21N5O. The van der Waals surface area contributed by atoms with Crippen molar-refractivity contribution in [3.63, 3.8) is 0 Å². The van der Waals surface area contributed by atoms with Gasteiger partial charge in [-0.1, -0.05) is 6.07 Å². The van der Waals surface area contributed by atoms with Gasteiger partial charge in [-0.2, -0.15) is 0 Å². The monoisotopic (exact) mass is 359 g/mol. The molecular weight excluding hydrogens is 338 g/mol. The van der Waals surface area contributed by atoms with Crippen molar-refractivity contribution in [3.8, 4) is 17.0 Å². The van der Waals surface area contributed by atoms with Gasteiger partial charge in [0.1, 0.15) is 5.75 Å². The van der Waals surface area contributed by atoms with Crippen LogP contribution in [0, 0.1) is 0 Å². The lowest BCUT2D eigenvalue weighted by molar-refractivity contribution is 0.415. The number of rotatable bonds is 5. The molecule has 2 heterocycles. The third kappa shape index (κ3) is 3.29. The fraction of sp³-hybridized carbons (Fsp3) is 0.143. The molecule has 2 aromatic heterocycles. The van der Waals surface area contributed by atoms with Crippen LogP contribution in [0.25, 0.3) is 16.9 Å². The minimum Gasteiger partial charge on any atom is -0.497 e. The van der Waals surface area contributed by atoms with Crippen molar-refractivity contribution < 1.29 is 4.74 Å². The first-order valence-corrected chi connectivity index (χ1v) is 8.66. The number of benzene rings is 2. The summed E-state index contributed by atoms with van der Waals surface area (Å²) in [5.74, 6) is 1.55. The third-order valence-corrected chi connectivity index (χ3v) is 4.44. The van der Waals surface area contributed by atoms with E-state index in [4.69, 9.17) is 4.74 Å². The molecule has 0 saturated carbocycles. The first kappa shape index (κ1) is 16.9. The van der Waals surface area contributed by atoms with Gasteiger partial charge in [-0.25, -0.2) is 9.97 Å². The third-order valence-electron chi connectivity index (χ3n) is 4.44. The van der Waals surface area contributed by atoms with Crippen LogP contribution in [0.3, 0.4) is 0 Å². The number of hydrogen-bond donors (Lipinski definition) is 1. The Kier molecular flexibility index (Phi) is 4.38. The van der Waals surface area contributed by atoms with E-state index >= 15 is 0 Å². The maximum absolute atomic E-state index is 5.24. The predicted molar refractivity (Wildman–Crippen MR) is 109 cm³/mol. The summed E-state index contributed by atoms with van der Waals surface area (Å²) in [6, 6.07) is 16.1. The maximum atomic E-state index is 5.24. The van der Waals surface area contributed by atoms with E-state index in [0.29, 0.717) is 5.82 Å². The second-order valence-corrected chi connectivity index (χ2v) is 6.41. The van der Waals surface area contributed by atoms with Gasteiger partial charge in [-0.05, 0) is 42.5 Å². The van der Waals surface area contributed by atoms with E-state index in [-0.39, 0.29) is 0 Å². The summed E-state index contributed by atoms with van der Waals surface area (Å²) in [5.41, 5.74) is 4.93. The van der Waals surface area contributed by atoms with Gasteiger partial charge in [-0.3, -0.25) is 4.40 Å². The average Bonchev–Trinajstić information content (AvgIpc) is 3.13. The number of aromatic nitrogens is 3. The van der Waals surface area contributed by atoms with Crippen molar-refractivity contribution in [1.82, 2.24) is 14.4 Å². The van der Waals surface area contributed by atoms with Crippen LogP contribution in [-0.2, 0) is 0 Å². The largest absolute Gasteiger partial charge is 0.497 e. The average molecular weight is 359 g/mol. The molecule has 0 aliphatic carbocycles. The van der Waals surface area contributed by atoms with Crippen molar-refractivity contribution in [2.75, 3.05) is 31.4 Å². The Hall–Kier alpha value is -3.54. The second kappa shape index (κ2) is 6.99. The summed E-state index contributed by atoms with van der Waals surface area (Å²) in [6.45, 7) is 0. The molecule has 0 aliphatic rings. The van der Waals surface area contributed by atoms with E-state index in [0.717, 1.165) is 34.0 Å². The number of anilines is 3. The Labute approximate surface area is 158 Å². The summed E-state index contributed by atoms with van der Waals surface area (Å²) in [7, 11) is 5.71. The SMILES string of the molecule is COc1ccc(-c2cnc3c(Nc4cccc(N(C)C)c4)nccn23)cc1. The molecule has 0 unspecified atom stereocenters. The topological polar surface area (TPSA) is 54.7 Å². The lowest BCUT2D eigenvalue weighted by Gasteiger charge is -2.14. The minimum atomic E-state index is 0.716. The molecule has 0 spiro atoms. The van der Waals surface area contributed by atoms with Gasteiger partial charge >= 0.3 is 0 Å². The molecule has 6 heteroatoms. The molecule has 27 heavy (non-hydrogen) atoms. The molecule has 2 aromatic carbocycles. The molecule has 0 amide bonds. The van der Waals surface area contributed by atoms with Crippen molar-refractivity contribution in [3.05, 3.63) is 67.1 Å². The fourth-order valence-corrected chi connectivity index (χ4v) is 2.98. The Bertz CT molecular complexity index is 1070. The first-order valence-electron chi connectivity index (χ1n) is 8.66. The molecule has 4 rings (SSSR count). The zero-order valence-electron chi connectivity index (χ0n) is 15.5. The van der Waals surface area contributed by atoms with Crippen LogP contribution in [0.1, 0.15) is 0 Å². The minimum absolute atomic E-state index is 0.716. The Morgan fingerprint density at radius 2 is 1.85 bits per heavy atom. The number of ether oxygens (including phenoxy) is 1. The highest BCUT2D eigenvalue weighted by Gasteiger charge is 2.11. The van der Waals surface area contributed by atoms with Crippen LogP contribution in [0.15, 0.2) is 67.1 Å². The first-order chi connectivity index (χ1) is 13.2. The summed E-state index contributed by atoms with van der Waals surface area (Å²) in [4.78, 5) is 11.1. The van der Waals surface area contributed by atoms with Gasteiger partial charge < -0.3 is 15.0 Å². The van der Waals surface area contributed by atoms with Crippen molar-refractivity contribution in [2.24, 2.45) is 0 Å². The molecule has 0 bridgehead atoms. The highest BCUT2D eigenvalue weighted by Crippen LogP contribution is 2.27. The number of nitrogens with zero attached hydrogens (tertiary/aromatic N) is 4. The van der Waals surface area contributed by atoms with Crippen molar-refractivity contribution in [1.29, 1.82) is 0 Å². The van der Waals surface area contributed by atoms with Gasteiger partial charge in [0, 0.05) is 43.4 Å². The number of nitrogens with one attached hydrogen (secondary N) is 1. The normalized spacial score (nSPS) is 10.8. The van der Waals surface area contributed by atoms with Gasteiger partial charge in [0.25, 0.3) is 0 Å². The molecule has 0 atom stereocenters. The zero-order chi connectivity index (χ0) is 18.8. The standard InChI is InChI=1S/C21H21N5O/c1-25(2)17-6-4-5-16(13-17)24-20-21-23-14-19(26(21)12-11-22-20)15-7-9-18(27-3)10-8-15/h4-14H,1-3H3,(H,22,24). The number of hydrogen-bond acceptors (Lipinski definition) is 5. The summed E-state index contributed by atoms with van der Waals surface area (Å²) in [5, 5.41) is 3.38. The van der Waals surface area contributed by atoms with Crippen LogP contribution in [0.2, 0.25) is 0 Å². The quantitative estimate of drug-likeness (QED) is 0.578. The van der Waals surface area contributed by atoms with E-state index in [1.807, 2.05) is 67.3 Å². The van der Waals surface area contributed by atoms with Gasteiger partial charge in [0.05, 0.1) is 19.0 Å². The Morgan fingerprint density at radius 1 is 1.04 bits per heavy atom. The van der Waals surface area contributed by atoms with Crippen LogP contribution >= 0.6 is 0 Å². The maximum Gasteiger partial charge on any atom is 0.180 e. The Morgan fingerprint density at radius 3 is 2.59 bits per heavy atom.